The highest BCUT2D eigenvalue weighted by molar-refractivity contribution is 5.94. The molecule has 3 heterocycles. The lowest BCUT2D eigenvalue weighted by Crippen LogP contribution is -2.38. The Kier molecular flexibility index (Phi) is 3.96. The molecule has 2 aromatic rings. The smallest absolute Gasteiger partial charge is 0.255 e. The number of hydrogen-bond acceptors (Lipinski definition) is 3. The third-order valence-electron chi connectivity index (χ3n) is 4.21. The Morgan fingerprint density at radius 1 is 1.59 bits per heavy atom. The first-order valence-corrected chi connectivity index (χ1v) is 7.62. The summed E-state index contributed by atoms with van der Waals surface area (Å²) >= 11 is 0. The van der Waals surface area contributed by atoms with Crippen molar-refractivity contribution in [2.75, 3.05) is 6.54 Å². The van der Waals surface area contributed by atoms with Crippen molar-refractivity contribution < 1.29 is 4.79 Å². The number of aromatic amines is 1. The van der Waals surface area contributed by atoms with E-state index in [0.717, 1.165) is 38.2 Å². The minimum absolute atomic E-state index is 0.00147. The molecule has 0 aromatic carbocycles. The molecule has 1 unspecified atom stereocenters. The summed E-state index contributed by atoms with van der Waals surface area (Å²) in [5.74, 6) is 1.05. The van der Waals surface area contributed by atoms with Crippen molar-refractivity contribution in [2.24, 2.45) is 0 Å². The van der Waals surface area contributed by atoms with Gasteiger partial charge in [-0.1, -0.05) is 6.92 Å². The van der Waals surface area contributed by atoms with Crippen LogP contribution in [0.4, 0.5) is 0 Å². The molecular weight excluding hydrogens is 278 g/mol. The van der Waals surface area contributed by atoms with Gasteiger partial charge in [-0.25, -0.2) is 4.98 Å². The Morgan fingerprint density at radius 2 is 2.45 bits per heavy atom. The number of H-pyrrole nitrogens is 1. The molecule has 0 saturated carbocycles. The monoisotopic (exact) mass is 297 g/mol. The lowest BCUT2D eigenvalue weighted by molar-refractivity contribution is 0.0724. The van der Waals surface area contributed by atoms with Crippen molar-refractivity contribution in [1.29, 1.82) is 5.26 Å². The topological polar surface area (TPSA) is 77.7 Å². The largest absolute Gasteiger partial charge is 0.352 e. The van der Waals surface area contributed by atoms with E-state index in [9.17, 15) is 4.79 Å². The van der Waals surface area contributed by atoms with Crippen molar-refractivity contribution in [2.45, 2.75) is 38.8 Å². The average Bonchev–Trinajstić information content (AvgIpc) is 3.27. The number of amides is 1. The molecule has 0 radical (unpaired) electrons. The molecule has 6 heteroatoms. The number of imidazole rings is 1. The molecule has 0 aliphatic carbocycles. The summed E-state index contributed by atoms with van der Waals surface area (Å²) in [5, 5.41) is 8.86. The molecule has 1 atom stereocenters. The number of aromatic nitrogens is 3. The Bertz CT molecular complexity index is 708. The fourth-order valence-electron chi connectivity index (χ4n) is 3.09. The molecule has 1 N–H and O–H groups in total. The average molecular weight is 297 g/mol. The number of carbonyl (C=O) groups excluding carboxylic acids is 1. The Morgan fingerprint density at radius 3 is 3.18 bits per heavy atom. The van der Waals surface area contributed by atoms with E-state index in [4.69, 9.17) is 5.26 Å². The lowest BCUT2D eigenvalue weighted by atomic mass is 10.2. The van der Waals surface area contributed by atoms with Gasteiger partial charge in [0.05, 0.1) is 11.6 Å². The highest BCUT2D eigenvalue weighted by Crippen LogP contribution is 2.22. The third kappa shape index (κ3) is 2.62. The highest BCUT2D eigenvalue weighted by atomic mass is 16.2. The number of nitrogens with one attached hydrogen (secondary N) is 1. The second-order valence-electron chi connectivity index (χ2n) is 5.56. The maximum atomic E-state index is 12.6. The minimum atomic E-state index is -0.00147. The zero-order valence-corrected chi connectivity index (χ0v) is 12.6. The summed E-state index contributed by atoms with van der Waals surface area (Å²) in [6.07, 6.45) is 8.31. The fourth-order valence-corrected chi connectivity index (χ4v) is 3.09. The van der Waals surface area contributed by atoms with Gasteiger partial charge in [-0.3, -0.25) is 4.79 Å². The van der Waals surface area contributed by atoms with E-state index in [0.29, 0.717) is 11.3 Å². The van der Waals surface area contributed by atoms with Crippen LogP contribution in [0.5, 0.6) is 0 Å². The van der Waals surface area contributed by atoms with E-state index in [1.807, 2.05) is 23.4 Å². The summed E-state index contributed by atoms with van der Waals surface area (Å²) in [6.45, 7) is 3.64. The van der Waals surface area contributed by atoms with Gasteiger partial charge in [-0.05, 0) is 18.9 Å². The SMILES string of the molecule is CCc1nccn1CC1CCCN1C(=O)c1c[nH]c(C#N)c1. The number of rotatable bonds is 4. The van der Waals surface area contributed by atoms with Crippen LogP contribution in [0.25, 0.3) is 0 Å². The van der Waals surface area contributed by atoms with Gasteiger partial charge >= 0.3 is 0 Å². The quantitative estimate of drug-likeness (QED) is 0.937. The summed E-state index contributed by atoms with van der Waals surface area (Å²) in [6, 6.07) is 3.82. The standard InChI is InChI=1S/C16H19N5O/c1-2-15-18-5-7-20(15)11-14-4-3-6-21(14)16(22)12-8-13(9-17)19-10-12/h5,7-8,10,14,19H,2-4,6,11H2,1H3. The van der Waals surface area contributed by atoms with Crippen LogP contribution in [0.15, 0.2) is 24.7 Å². The zero-order valence-electron chi connectivity index (χ0n) is 12.6. The molecule has 114 valence electrons. The van der Waals surface area contributed by atoms with Crippen molar-refractivity contribution in [3.05, 3.63) is 41.7 Å². The number of carbonyl (C=O) groups is 1. The highest BCUT2D eigenvalue weighted by Gasteiger charge is 2.30. The molecule has 2 aromatic heterocycles. The maximum Gasteiger partial charge on any atom is 0.255 e. The van der Waals surface area contributed by atoms with Crippen molar-refractivity contribution >= 4 is 5.91 Å². The molecule has 6 nitrogen and oxygen atoms in total. The summed E-state index contributed by atoms with van der Waals surface area (Å²) in [4.78, 5) is 21.7. The summed E-state index contributed by atoms with van der Waals surface area (Å²) < 4.78 is 2.13. The van der Waals surface area contributed by atoms with E-state index < -0.39 is 0 Å². The van der Waals surface area contributed by atoms with Gasteiger partial charge in [0.15, 0.2) is 0 Å². The van der Waals surface area contributed by atoms with Crippen LogP contribution < -0.4 is 0 Å². The van der Waals surface area contributed by atoms with Crippen LogP contribution in [0, 0.1) is 11.3 Å². The predicted octanol–water partition coefficient (Wildman–Crippen LogP) is 1.95. The molecular formula is C16H19N5O. The molecule has 0 spiro atoms. The van der Waals surface area contributed by atoms with Crippen LogP contribution in [0.2, 0.25) is 0 Å². The van der Waals surface area contributed by atoms with E-state index in [2.05, 4.69) is 21.5 Å². The number of nitriles is 1. The number of aryl methyl sites for hydroxylation is 1. The summed E-state index contributed by atoms with van der Waals surface area (Å²) in [5.41, 5.74) is 0.978. The molecule has 1 saturated heterocycles. The second-order valence-corrected chi connectivity index (χ2v) is 5.56. The lowest BCUT2D eigenvalue weighted by Gasteiger charge is -2.25. The molecule has 3 rings (SSSR count). The second kappa shape index (κ2) is 6.06. The summed E-state index contributed by atoms with van der Waals surface area (Å²) in [7, 11) is 0. The van der Waals surface area contributed by atoms with Gasteiger partial charge in [-0.15, -0.1) is 0 Å². The maximum absolute atomic E-state index is 12.6. The van der Waals surface area contributed by atoms with E-state index in [1.54, 1.807) is 12.3 Å². The van der Waals surface area contributed by atoms with E-state index >= 15 is 0 Å². The third-order valence-corrected chi connectivity index (χ3v) is 4.21. The predicted molar refractivity (Wildman–Crippen MR) is 81.2 cm³/mol. The normalized spacial score (nSPS) is 17.6. The fraction of sp³-hybridized carbons (Fsp3) is 0.438. The molecule has 1 fully saturated rings. The molecule has 1 aliphatic rings. The van der Waals surface area contributed by atoms with Gasteiger partial charge in [0.2, 0.25) is 0 Å². The van der Waals surface area contributed by atoms with E-state index in [1.165, 1.54) is 0 Å². The van der Waals surface area contributed by atoms with Crippen LogP contribution in [-0.2, 0) is 13.0 Å². The van der Waals surface area contributed by atoms with Crippen LogP contribution in [0.1, 0.15) is 41.6 Å². The van der Waals surface area contributed by atoms with Gasteiger partial charge in [-0.2, -0.15) is 5.26 Å². The zero-order chi connectivity index (χ0) is 15.5. The Hall–Kier alpha value is -2.55. The number of nitrogens with zero attached hydrogens (tertiary/aromatic N) is 4. The van der Waals surface area contributed by atoms with Crippen LogP contribution in [-0.4, -0.2) is 37.9 Å². The van der Waals surface area contributed by atoms with Crippen LogP contribution in [0.3, 0.4) is 0 Å². The minimum Gasteiger partial charge on any atom is -0.352 e. The molecule has 0 bridgehead atoms. The Labute approximate surface area is 129 Å². The van der Waals surface area contributed by atoms with Gasteiger partial charge in [0.25, 0.3) is 5.91 Å². The van der Waals surface area contributed by atoms with Crippen molar-refractivity contribution in [3.8, 4) is 6.07 Å². The first kappa shape index (κ1) is 14.4. The number of likely N-dealkylation sites (tertiary alicyclic amines) is 1. The van der Waals surface area contributed by atoms with Gasteiger partial charge < -0.3 is 14.5 Å². The van der Waals surface area contributed by atoms with Crippen LogP contribution >= 0.6 is 0 Å². The molecule has 22 heavy (non-hydrogen) atoms. The van der Waals surface area contributed by atoms with E-state index in [-0.39, 0.29) is 11.9 Å². The van der Waals surface area contributed by atoms with Crippen molar-refractivity contribution in [1.82, 2.24) is 19.4 Å². The first-order chi connectivity index (χ1) is 10.7. The molecule has 1 aliphatic heterocycles. The van der Waals surface area contributed by atoms with Gasteiger partial charge in [0, 0.05) is 38.1 Å². The van der Waals surface area contributed by atoms with Crippen molar-refractivity contribution in [3.63, 3.8) is 0 Å². The Balaban J connectivity index is 1.75. The molecule has 1 amide bonds. The number of hydrogen-bond donors (Lipinski definition) is 1. The van der Waals surface area contributed by atoms with Gasteiger partial charge in [0.1, 0.15) is 17.6 Å². The first-order valence-electron chi connectivity index (χ1n) is 7.62.